The van der Waals surface area contributed by atoms with E-state index < -0.39 is 8.56 Å². The molecule has 2 atom stereocenters. The molecule has 1 aromatic rings. The fraction of sp³-hybridized carbons (Fsp3) is 0.500. The molecule has 84 valence electrons. The Labute approximate surface area is 93.6 Å². The monoisotopic (exact) mass is 224 g/mol. The number of rotatable bonds is 1. The first kappa shape index (κ1) is 10.9. The van der Waals surface area contributed by atoms with Crippen LogP contribution in [-0.4, -0.2) is 13.4 Å². The van der Waals surface area contributed by atoms with Crippen LogP contribution in [0.5, 0.6) is 0 Å². The minimum absolute atomic E-state index is 0. The highest BCUT2D eigenvalue weighted by molar-refractivity contribution is 6.64. The van der Waals surface area contributed by atoms with E-state index in [2.05, 4.69) is 19.1 Å². The Morgan fingerprint density at radius 2 is 2.07 bits per heavy atom. The maximum absolute atomic E-state index is 10.1. The summed E-state index contributed by atoms with van der Waals surface area (Å²) in [6.07, 6.45) is 2.06. The lowest BCUT2D eigenvalue weighted by Gasteiger charge is -2.41. The van der Waals surface area contributed by atoms with Crippen molar-refractivity contribution in [3.63, 3.8) is 0 Å². The predicted octanol–water partition coefficient (Wildman–Crippen LogP) is 3.02. The zero-order valence-electron chi connectivity index (χ0n) is 9.36. The van der Waals surface area contributed by atoms with Crippen molar-refractivity contribution in [2.45, 2.75) is 38.0 Å². The minimum Gasteiger partial charge on any atom is -0.411 e. The zero-order valence-corrected chi connectivity index (χ0v) is 10.4. The molecule has 0 radical (unpaired) electrons. The Bertz CT molecular complexity index is 342. The largest absolute Gasteiger partial charge is 0.411 e. The van der Waals surface area contributed by atoms with Crippen molar-refractivity contribution in [2.75, 3.05) is 0 Å². The van der Waals surface area contributed by atoms with E-state index in [0.29, 0.717) is 0 Å². The number of benzene rings is 1. The van der Waals surface area contributed by atoms with Gasteiger partial charge in [0.25, 0.3) is 0 Å². The summed E-state index contributed by atoms with van der Waals surface area (Å²) in [5.74, 6) is 0. The second kappa shape index (κ2) is 3.74. The Morgan fingerprint density at radius 3 is 2.67 bits per heavy atom. The molecular formula is C12H20O2Si. The maximum Gasteiger partial charge on any atom is 0.332 e. The first-order chi connectivity index (χ1) is 7.02. The molecule has 1 aliphatic rings. The average Bonchev–Trinajstić information content (AvgIpc) is 2.17. The summed E-state index contributed by atoms with van der Waals surface area (Å²) < 4.78 is 5.94. The highest BCUT2D eigenvalue weighted by Crippen LogP contribution is 2.39. The molecule has 1 saturated heterocycles. The van der Waals surface area contributed by atoms with Crippen LogP contribution in [0.2, 0.25) is 12.6 Å². The van der Waals surface area contributed by atoms with Gasteiger partial charge in [0.05, 0.1) is 5.60 Å². The molecule has 2 unspecified atom stereocenters. The Kier molecular flexibility index (Phi) is 2.71. The molecule has 2 rings (SSSR count). The van der Waals surface area contributed by atoms with Gasteiger partial charge >= 0.3 is 8.56 Å². The van der Waals surface area contributed by atoms with E-state index in [1.54, 1.807) is 0 Å². The van der Waals surface area contributed by atoms with Crippen molar-refractivity contribution in [2.24, 2.45) is 0 Å². The first-order valence-electron chi connectivity index (χ1n) is 5.50. The second-order valence-electron chi connectivity index (χ2n) is 4.73. The zero-order chi connectivity index (χ0) is 10.9. The van der Waals surface area contributed by atoms with Gasteiger partial charge in [0, 0.05) is 1.43 Å². The summed E-state index contributed by atoms with van der Waals surface area (Å²) in [5.41, 5.74) is 0.896. The van der Waals surface area contributed by atoms with Crippen LogP contribution in [0.25, 0.3) is 0 Å². The van der Waals surface area contributed by atoms with Crippen molar-refractivity contribution in [3.05, 3.63) is 35.9 Å². The van der Waals surface area contributed by atoms with Crippen molar-refractivity contribution in [1.82, 2.24) is 0 Å². The number of hydrogen-bond donors (Lipinski definition) is 1. The van der Waals surface area contributed by atoms with Crippen molar-refractivity contribution >= 4 is 8.56 Å². The van der Waals surface area contributed by atoms with Crippen molar-refractivity contribution in [1.29, 1.82) is 0 Å². The Morgan fingerprint density at radius 1 is 1.40 bits per heavy atom. The standard InChI is InChI=1S/C12H18O2Si.H2/c1-12(11-7-4-3-5-8-11)9-6-10-15(2,13)14-12;/h3-5,7-8,13H,6,9-10H2,1-2H3;1H. The van der Waals surface area contributed by atoms with E-state index in [1.807, 2.05) is 24.7 Å². The fourth-order valence-electron chi connectivity index (χ4n) is 2.34. The van der Waals surface area contributed by atoms with E-state index >= 15 is 0 Å². The molecule has 0 saturated carbocycles. The molecule has 0 spiro atoms. The van der Waals surface area contributed by atoms with Gasteiger partial charge in [0.15, 0.2) is 0 Å². The van der Waals surface area contributed by atoms with Crippen LogP contribution in [0, 0.1) is 0 Å². The molecule has 1 aromatic carbocycles. The van der Waals surface area contributed by atoms with Crippen molar-refractivity contribution < 1.29 is 10.6 Å². The summed E-state index contributed by atoms with van der Waals surface area (Å²) in [6.45, 7) is 3.97. The Hall–Kier alpha value is -0.643. The summed E-state index contributed by atoms with van der Waals surface area (Å²) in [5, 5.41) is 0. The molecule has 1 aliphatic heterocycles. The van der Waals surface area contributed by atoms with Gasteiger partial charge in [-0.3, -0.25) is 0 Å². The molecule has 2 nitrogen and oxygen atoms in total. The van der Waals surface area contributed by atoms with Crippen LogP contribution < -0.4 is 0 Å². The van der Waals surface area contributed by atoms with Crippen LogP contribution in [-0.2, 0) is 10.0 Å². The molecule has 1 N–H and O–H groups in total. The highest BCUT2D eigenvalue weighted by Gasteiger charge is 2.42. The maximum atomic E-state index is 10.1. The van der Waals surface area contributed by atoms with Gasteiger partial charge in [0.2, 0.25) is 0 Å². The molecule has 3 heteroatoms. The van der Waals surface area contributed by atoms with E-state index in [9.17, 15) is 4.80 Å². The highest BCUT2D eigenvalue weighted by atomic mass is 28.4. The summed E-state index contributed by atoms with van der Waals surface area (Å²) in [7, 11) is -2.41. The van der Waals surface area contributed by atoms with Crippen LogP contribution >= 0.6 is 0 Å². The molecular weight excluding hydrogens is 204 g/mol. The lowest BCUT2D eigenvalue weighted by atomic mass is 9.91. The Balaban J connectivity index is 0.00000128. The van der Waals surface area contributed by atoms with E-state index in [4.69, 9.17) is 4.43 Å². The van der Waals surface area contributed by atoms with Gasteiger partial charge in [-0.1, -0.05) is 30.3 Å². The minimum atomic E-state index is -2.41. The van der Waals surface area contributed by atoms with Crippen LogP contribution in [0.15, 0.2) is 30.3 Å². The molecule has 0 aromatic heterocycles. The molecule has 1 heterocycles. The molecule has 1 fully saturated rings. The van der Waals surface area contributed by atoms with Crippen molar-refractivity contribution in [3.8, 4) is 0 Å². The predicted molar refractivity (Wildman–Crippen MR) is 64.9 cm³/mol. The number of hydrogen-bond acceptors (Lipinski definition) is 2. The topological polar surface area (TPSA) is 29.5 Å². The third-order valence-corrected chi connectivity index (χ3v) is 5.30. The quantitative estimate of drug-likeness (QED) is 0.743. The smallest absolute Gasteiger partial charge is 0.332 e. The summed E-state index contributed by atoms with van der Waals surface area (Å²) in [6, 6.07) is 11.1. The summed E-state index contributed by atoms with van der Waals surface area (Å²) >= 11 is 0. The molecule has 0 aliphatic carbocycles. The van der Waals surface area contributed by atoms with Gasteiger partial charge in [-0.15, -0.1) is 0 Å². The molecule has 0 amide bonds. The van der Waals surface area contributed by atoms with E-state index in [1.165, 1.54) is 5.56 Å². The average molecular weight is 224 g/mol. The van der Waals surface area contributed by atoms with E-state index in [0.717, 1.165) is 18.9 Å². The molecule has 15 heavy (non-hydrogen) atoms. The van der Waals surface area contributed by atoms with Crippen LogP contribution in [0.4, 0.5) is 0 Å². The van der Waals surface area contributed by atoms with Gasteiger partial charge < -0.3 is 9.22 Å². The normalized spacial score (nSPS) is 36.5. The lowest BCUT2D eigenvalue weighted by molar-refractivity contribution is 0.0221. The summed E-state index contributed by atoms with van der Waals surface area (Å²) in [4.78, 5) is 10.1. The van der Waals surface area contributed by atoms with Gasteiger partial charge in [0.1, 0.15) is 0 Å². The molecule has 0 bridgehead atoms. The third kappa shape index (κ3) is 2.30. The van der Waals surface area contributed by atoms with Crippen LogP contribution in [0.1, 0.15) is 26.8 Å². The third-order valence-electron chi connectivity index (χ3n) is 3.12. The first-order valence-corrected chi connectivity index (χ1v) is 8.06. The van der Waals surface area contributed by atoms with Gasteiger partial charge in [-0.25, -0.2) is 0 Å². The van der Waals surface area contributed by atoms with Gasteiger partial charge in [-0.05, 0) is 37.9 Å². The van der Waals surface area contributed by atoms with Crippen LogP contribution in [0.3, 0.4) is 0 Å². The second-order valence-corrected chi connectivity index (χ2v) is 7.78. The van der Waals surface area contributed by atoms with Gasteiger partial charge in [-0.2, -0.15) is 0 Å². The lowest BCUT2D eigenvalue weighted by Crippen LogP contribution is -2.47. The fourth-order valence-corrected chi connectivity index (χ4v) is 4.46. The SMILES string of the molecule is CC1(c2ccccc2)CCC[Si](C)(O)O1.[HH]. The van der Waals surface area contributed by atoms with E-state index in [-0.39, 0.29) is 7.03 Å².